The Morgan fingerprint density at radius 1 is 1.31 bits per heavy atom. The third kappa shape index (κ3) is 4.11. The first-order valence-electron chi connectivity index (χ1n) is 3.09. The molecule has 0 aliphatic heterocycles. The number of hydrogen-bond acceptors (Lipinski definition) is 1. The van der Waals surface area contributed by atoms with Crippen molar-refractivity contribution in [2.75, 3.05) is 0 Å². The first-order valence-corrected chi connectivity index (χ1v) is 4.63. The monoisotopic (exact) mass is 290 g/mol. The van der Waals surface area contributed by atoms with Crippen LogP contribution in [0.25, 0.3) is 0 Å². The van der Waals surface area contributed by atoms with Gasteiger partial charge in [-0.05, 0) is 18.2 Å². The fourth-order valence-corrected chi connectivity index (χ4v) is 1.64. The fourth-order valence-electron chi connectivity index (χ4n) is 0.721. The Morgan fingerprint density at radius 3 is 2.38 bits per heavy atom. The summed E-state index contributed by atoms with van der Waals surface area (Å²) in [5, 5.41) is 0.283. The van der Waals surface area contributed by atoms with Gasteiger partial charge in [0.15, 0.2) is 0 Å². The summed E-state index contributed by atoms with van der Waals surface area (Å²) in [6.07, 6.45) is 0. The predicted molar refractivity (Wildman–Crippen MR) is 50.6 cm³/mol. The van der Waals surface area contributed by atoms with E-state index in [1.54, 1.807) is 6.07 Å². The van der Waals surface area contributed by atoms with Gasteiger partial charge in [0.25, 0.3) is 0 Å². The van der Waals surface area contributed by atoms with Crippen LogP contribution in [-0.4, -0.2) is 5.57 Å². The van der Waals surface area contributed by atoms with E-state index in [-0.39, 0.29) is 10.8 Å². The van der Waals surface area contributed by atoms with E-state index in [0.29, 0.717) is 4.47 Å². The van der Waals surface area contributed by atoms with Gasteiger partial charge in [-0.25, -0.2) is 0 Å². The number of ether oxygens (including phenoxy) is 1. The summed E-state index contributed by atoms with van der Waals surface area (Å²) in [5.41, 5.74) is -3.72. The molecule has 1 aromatic carbocycles. The highest BCUT2D eigenvalue weighted by atomic mass is 79.9. The number of alkyl halides is 3. The molecule has 0 heterocycles. The van der Waals surface area contributed by atoms with Crippen molar-refractivity contribution in [1.29, 1.82) is 0 Å². The summed E-state index contributed by atoms with van der Waals surface area (Å²) < 4.78 is 28.9. The zero-order valence-electron chi connectivity index (χ0n) is 6.03. The van der Waals surface area contributed by atoms with Crippen LogP contribution >= 0.6 is 39.1 Å². The van der Waals surface area contributed by atoms with E-state index >= 15 is 0 Å². The molecule has 0 N–H and O–H groups in total. The zero-order chi connectivity index (χ0) is 10.1. The average molecular weight is 292 g/mol. The smallest absolute Gasteiger partial charge is 0.420 e. The van der Waals surface area contributed by atoms with Crippen LogP contribution in [0.15, 0.2) is 22.7 Å². The van der Waals surface area contributed by atoms with Crippen molar-refractivity contribution in [3.8, 4) is 5.75 Å². The fraction of sp³-hybridized carbons (Fsp3) is 0.143. The molecule has 6 heteroatoms. The van der Waals surface area contributed by atoms with Gasteiger partial charge < -0.3 is 4.74 Å². The first kappa shape index (κ1) is 11.0. The van der Waals surface area contributed by atoms with Crippen LogP contribution in [-0.2, 0) is 0 Å². The summed E-state index contributed by atoms with van der Waals surface area (Å²) in [6.45, 7) is 0. The zero-order valence-corrected chi connectivity index (χ0v) is 9.13. The highest BCUT2D eigenvalue weighted by Gasteiger charge is 2.27. The van der Waals surface area contributed by atoms with Gasteiger partial charge in [-0.15, -0.1) is 8.78 Å². The molecule has 0 amide bonds. The largest absolute Gasteiger partial charge is 0.487 e. The van der Waals surface area contributed by atoms with Gasteiger partial charge in [-0.1, -0.05) is 27.5 Å². The van der Waals surface area contributed by atoms with Gasteiger partial charge >= 0.3 is 5.57 Å². The molecule has 0 fully saturated rings. The number of rotatable bonds is 2. The molecule has 0 atom stereocenters. The minimum atomic E-state index is -3.72. The number of benzene rings is 1. The molecule has 0 aliphatic carbocycles. The van der Waals surface area contributed by atoms with E-state index in [9.17, 15) is 8.78 Å². The standard InChI is InChI=1S/C7H3BrCl2F2O/c8-4-1-5(9)3-6(2-4)13-7(10,11)12/h1-3H. The van der Waals surface area contributed by atoms with Crippen molar-refractivity contribution in [2.24, 2.45) is 0 Å². The van der Waals surface area contributed by atoms with Crippen molar-refractivity contribution < 1.29 is 13.5 Å². The van der Waals surface area contributed by atoms with Gasteiger partial charge in [0.05, 0.1) is 0 Å². The van der Waals surface area contributed by atoms with E-state index in [1.807, 2.05) is 0 Å². The molecule has 72 valence electrons. The molecule has 0 bridgehead atoms. The van der Waals surface area contributed by atoms with E-state index in [2.05, 4.69) is 32.3 Å². The maximum atomic E-state index is 12.2. The molecular formula is C7H3BrCl2F2O. The van der Waals surface area contributed by atoms with Crippen molar-refractivity contribution in [2.45, 2.75) is 5.57 Å². The van der Waals surface area contributed by atoms with E-state index in [4.69, 9.17) is 11.6 Å². The van der Waals surface area contributed by atoms with Gasteiger partial charge in [-0.3, -0.25) is 0 Å². The molecule has 0 aromatic heterocycles. The van der Waals surface area contributed by atoms with Crippen LogP contribution < -0.4 is 4.74 Å². The summed E-state index contributed by atoms with van der Waals surface area (Å²) >= 11 is 13.2. The van der Waals surface area contributed by atoms with Crippen molar-refractivity contribution in [3.05, 3.63) is 27.7 Å². The molecule has 0 radical (unpaired) electrons. The second-order valence-electron chi connectivity index (χ2n) is 2.15. The summed E-state index contributed by atoms with van der Waals surface area (Å²) in [5.74, 6) is -0.0978. The van der Waals surface area contributed by atoms with Crippen molar-refractivity contribution in [3.63, 3.8) is 0 Å². The number of hydrogen-bond donors (Lipinski definition) is 0. The Bertz CT molecular complexity index is 294. The average Bonchev–Trinajstić information content (AvgIpc) is 1.78. The van der Waals surface area contributed by atoms with Gasteiger partial charge in [0.2, 0.25) is 0 Å². The SMILES string of the molecule is FC(F)(Cl)Oc1cc(Cl)cc(Br)c1. The molecule has 1 rings (SSSR count). The van der Waals surface area contributed by atoms with Crippen LogP contribution in [0.3, 0.4) is 0 Å². The Kier molecular flexibility index (Phi) is 3.38. The third-order valence-electron chi connectivity index (χ3n) is 1.07. The molecule has 1 nitrogen and oxygen atoms in total. The third-order valence-corrected chi connectivity index (χ3v) is 1.82. The highest BCUT2D eigenvalue weighted by Crippen LogP contribution is 2.29. The van der Waals surface area contributed by atoms with Crippen LogP contribution in [0.1, 0.15) is 0 Å². The van der Waals surface area contributed by atoms with Gasteiger partial charge in [0.1, 0.15) is 5.75 Å². The summed E-state index contributed by atoms with van der Waals surface area (Å²) in [6, 6.07) is 4.12. The molecule has 0 spiro atoms. The van der Waals surface area contributed by atoms with Crippen LogP contribution in [0.5, 0.6) is 5.75 Å². The Morgan fingerprint density at radius 2 is 1.92 bits per heavy atom. The molecule has 1 aromatic rings. The minimum absolute atomic E-state index is 0.0978. The van der Waals surface area contributed by atoms with Crippen molar-refractivity contribution in [1.82, 2.24) is 0 Å². The molecule has 13 heavy (non-hydrogen) atoms. The molecular weight excluding hydrogens is 289 g/mol. The molecule has 0 saturated carbocycles. The second-order valence-corrected chi connectivity index (χ2v) is 3.95. The van der Waals surface area contributed by atoms with Crippen LogP contribution in [0.4, 0.5) is 8.78 Å². The normalized spacial score (nSPS) is 11.5. The first-order chi connectivity index (χ1) is 5.87. The predicted octanol–water partition coefficient (Wildman–Crippen LogP) is 4.27. The topological polar surface area (TPSA) is 9.23 Å². The number of halogens is 5. The van der Waals surface area contributed by atoms with Gasteiger partial charge in [-0.2, -0.15) is 0 Å². The Balaban J connectivity index is 2.90. The highest BCUT2D eigenvalue weighted by molar-refractivity contribution is 9.10. The maximum absolute atomic E-state index is 12.2. The lowest BCUT2D eigenvalue weighted by atomic mass is 10.3. The minimum Gasteiger partial charge on any atom is -0.420 e. The lowest BCUT2D eigenvalue weighted by Gasteiger charge is -2.10. The quantitative estimate of drug-likeness (QED) is 0.740. The van der Waals surface area contributed by atoms with Gasteiger partial charge in [0, 0.05) is 21.1 Å². The Hall–Kier alpha value is -0.0600. The van der Waals surface area contributed by atoms with Crippen LogP contribution in [0, 0.1) is 0 Å². The molecule has 0 saturated heterocycles. The lowest BCUT2D eigenvalue weighted by molar-refractivity contribution is -0.0964. The maximum Gasteiger partial charge on any atom is 0.487 e. The van der Waals surface area contributed by atoms with E-state index < -0.39 is 5.57 Å². The van der Waals surface area contributed by atoms with Crippen molar-refractivity contribution >= 4 is 39.1 Å². The van der Waals surface area contributed by atoms with E-state index in [1.165, 1.54) is 12.1 Å². The lowest BCUT2D eigenvalue weighted by Crippen LogP contribution is -2.15. The Labute approximate surface area is 91.7 Å². The molecule has 0 unspecified atom stereocenters. The second kappa shape index (κ2) is 3.98. The summed E-state index contributed by atoms with van der Waals surface area (Å²) in [4.78, 5) is 0. The van der Waals surface area contributed by atoms with E-state index in [0.717, 1.165) is 0 Å². The molecule has 0 aliphatic rings. The van der Waals surface area contributed by atoms with Crippen LogP contribution in [0.2, 0.25) is 5.02 Å². The summed E-state index contributed by atoms with van der Waals surface area (Å²) in [7, 11) is 0.